The molecule has 0 aliphatic heterocycles. The van der Waals surface area contributed by atoms with Gasteiger partial charge >= 0.3 is 0 Å². The molecular weight excluding hydrogens is 391 g/mol. The highest BCUT2D eigenvalue weighted by molar-refractivity contribution is 5.94. The van der Waals surface area contributed by atoms with Gasteiger partial charge in [-0.15, -0.1) is 0 Å². The lowest BCUT2D eigenvalue weighted by Crippen LogP contribution is -2.41. The van der Waals surface area contributed by atoms with Crippen LogP contribution in [-0.4, -0.2) is 28.5 Å². The second-order valence-corrected chi connectivity index (χ2v) is 8.21. The Kier molecular flexibility index (Phi) is 6.70. The highest BCUT2D eigenvalue weighted by atomic mass is 19.1. The van der Waals surface area contributed by atoms with Gasteiger partial charge in [-0.2, -0.15) is 0 Å². The molecule has 1 aliphatic rings. The van der Waals surface area contributed by atoms with Gasteiger partial charge in [-0.05, 0) is 60.9 Å². The number of rotatable bonds is 7. The molecule has 3 aromatic rings. The molecule has 162 valence electrons. The molecule has 0 N–H and O–H groups in total. The standard InChI is InChI=1S/C26H29FN2O2/c1-31-25-11-5-7-21(17-25)26(30)29(23-8-3-2-4-9-23)19-24-10-6-16-28(24)18-20-12-14-22(27)15-13-20/h5-7,10-17,23H,2-4,8-9,18-19H2,1H3. The fourth-order valence-corrected chi connectivity index (χ4v) is 4.39. The molecule has 1 amide bonds. The van der Waals surface area contributed by atoms with Crippen molar-refractivity contribution in [1.82, 2.24) is 9.47 Å². The summed E-state index contributed by atoms with van der Waals surface area (Å²) in [4.78, 5) is 15.6. The largest absolute Gasteiger partial charge is 0.497 e. The molecule has 1 aromatic heterocycles. The zero-order chi connectivity index (χ0) is 21.6. The Bertz CT molecular complexity index is 1010. The maximum Gasteiger partial charge on any atom is 0.254 e. The van der Waals surface area contributed by atoms with Crippen molar-refractivity contribution in [2.75, 3.05) is 7.11 Å². The van der Waals surface area contributed by atoms with Gasteiger partial charge in [0.15, 0.2) is 0 Å². The minimum Gasteiger partial charge on any atom is -0.497 e. The Morgan fingerprint density at radius 2 is 1.84 bits per heavy atom. The van der Waals surface area contributed by atoms with Gasteiger partial charge in [-0.1, -0.05) is 37.5 Å². The maximum atomic E-state index is 13.6. The lowest BCUT2D eigenvalue weighted by Gasteiger charge is -2.35. The van der Waals surface area contributed by atoms with Crippen molar-refractivity contribution < 1.29 is 13.9 Å². The van der Waals surface area contributed by atoms with E-state index < -0.39 is 0 Å². The number of nitrogens with zero attached hydrogens (tertiary/aromatic N) is 2. The van der Waals surface area contributed by atoms with Crippen molar-refractivity contribution in [3.05, 3.63) is 89.5 Å². The van der Waals surface area contributed by atoms with Crippen LogP contribution in [0.2, 0.25) is 0 Å². The number of aromatic nitrogens is 1. The molecule has 0 atom stereocenters. The van der Waals surface area contributed by atoms with Crippen molar-refractivity contribution in [2.24, 2.45) is 0 Å². The van der Waals surface area contributed by atoms with Gasteiger partial charge in [0, 0.05) is 30.0 Å². The van der Waals surface area contributed by atoms with E-state index in [1.165, 1.54) is 18.6 Å². The summed E-state index contributed by atoms with van der Waals surface area (Å²) in [6, 6.07) is 18.3. The highest BCUT2D eigenvalue weighted by Gasteiger charge is 2.27. The topological polar surface area (TPSA) is 34.5 Å². The monoisotopic (exact) mass is 420 g/mol. The smallest absolute Gasteiger partial charge is 0.254 e. The average Bonchev–Trinajstić information content (AvgIpc) is 3.25. The average molecular weight is 421 g/mol. The fourth-order valence-electron chi connectivity index (χ4n) is 4.39. The fraction of sp³-hybridized carbons (Fsp3) is 0.346. The number of benzene rings is 2. The van der Waals surface area contributed by atoms with Crippen LogP contribution < -0.4 is 4.74 Å². The van der Waals surface area contributed by atoms with E-state index in [2.05, 4.69) is 10.6 Å². The van der Waals surface area contributed by atoms with E-state index >= 15 is 0 Å². The van der Waals surface area contributed by atoms with Crippen molar-refractivity contribution >= 4 is 5.91 Å². The van der Waals surface area contributed by atoms with Gasteiger partial charge in [0.1, 0.15) is 11.6 Å². The van der Waals surface area contributed by atoms with Crippen LogP contribution in [0.25, 0.3) is 0 Å². The number of halogens is 1. The van der Waals surface area contributed by atoms with Crippen LogP contribution in [0.3, 0.4) is 0 Å². The minimum atomic E-state index is -0.233. The first-order valence-electron chi connectivity index (χ1n) is 11.0. The van der Waals surface area contributed by atoms with Gasteiger partial charge < -0.3 is 14.2 Å². The van der Waals surface area contributed by atoms with Gasteiger partial charge in [0.05, 0.1) is 13.7 Å². The second-order valence-electron chi connectivity index (χ2n) is 8.21. The van der Waals surface area contributed by atoms with Crippen LogP contribution in [0.5, 0.6) is 5.75 Å². The third kappa shape index (κ3) is 5.16. The molecule has 1 saturated carbocycles. The molecule has 0 radical (unpaired) electrons. The zero-order valence-electron chi connectivity index (χ0n) is 18.0. The van der Waals surface area contributed by atoms with E-state index in [0.29, 0.717) is 24.4 Å². The van der Waals surface area contributed by atoms with Crippen molar-refractivity contribution in [1.29, 1.82) is 0 Å². The molecule has 0 spiro atoms. The summed E-state index contributed by atoms with van der Waals surface area (Å²) in [7, 11) is 1.62. The van der Waals surface area contributed by atoms with Crippen LogP contribution >= 0.6 is 0 Å². The van der Waals surface area contributed by atoms with E-state index in [4.69, 9.17) is 4.74 Å². The maximum absolute atomic E-state index is 13.6. The Morgan fingerprint density at radius 1 is 1.06 bits per heavy atom. The van der Waals surface area contributed by atoms with Crippen molar-refractivity contribution in [3.8, 4) is 5.75 Å². The number of amides is 1. The van der Waals surface area contributed by atoms with E-state index in [0.717, 1.165) is 36.9 Å². The first-order chi connectivity index (χ1) is 15.1. The van der Waals surface area contributed by atoms with E-state index in [-0.39, 0.29) is 17.8 Å². The van der Waals surface area contributed by atoms with Gasteiger partial charge in [0.2, 0.25) is 0 Å². The zero-order valence-corrected chi connectivity index (χ0v) is 18.0. The molecule has 1 aliphatic carbocycles. The van der Waals surface area contributed by atoms with Crippen molar-refractivity contribution in [2.45, 2.75) is 51.2 Å². The lowest BCUT2D eigenvalue weighted by atomic mass is 9.93. The number of carbonyl (C=O) groups excluding carboxylic acids is 1. The van der Waals surface area contributed by atoms with Crippen LogP contribution in [0, 0.1) is 5.82 Å². The molecule has 0 saturated heterocycles. The summed E-state index contributed by atoms with van der Waals surface area (Å²) in [6.07, 6.45) is 7.64. The minimum absolute atomic E-state index is 0.0420. The molecule has 31 heavy (non-hydrogen) atoms. The molecule has 4 rings (SSSR count). The molecule has 0 unspecified atom stereocenters. The Balaban J connectivity index is 1.59. The number of carbonyl (C=O) groups is 1. The molecule has 1 heterocycles. The third-order valence-electron chi connectivity index (χ3n) is 6.12. The van der Waals surface area contributed by atoms with Gasteiger partial charge in [0.25, 0.3) is 5.91 Å². The molecular formula is C26H29FN2O2. The number of hydrogen-bond donors (Lipinski definition) is 0. The quantitative estimate of drug-likeness (QED) is 0.494. The number of hydrogen-bond acceptors (Lipinski definition) is 2. The van der Waals surface area contributed by atoms with Crippen LogP contribution in [0.4, 0.5) is 4.39 Å². The summed E-state index contributed by atoms with van der Waals surface area (Å²) in [5.41, 5.74) is 2.76. The first-order valence-corrected chi connectivity index (χ1v) is 11.0. The Hall–Kier alpha value is -3.08. The van der Waals surface area contributed by atoms with Crippen LogP contribution in [-0.2, 0) is 13.1 Å². The molecule has 0 bridgehead atoms. The summed E-state index contributed by atoms with van der Waals surface area (Å²) >= 11 is 0. The Labute approximate surface area is 183 Å². The highest BCUT2D eigenvalue weighted by Crippen LogP contribution is 2.27. The van der Waals surface area contributed by atoms with Gasteiger partial charge in [-0.3, -0.25) is 4.79 Å². The first kappa shape index (κ1) is 21.2. The van der Waals surface area contributed by atoms with Crippen LogP contribution in [0.15, 0.2) is 66.9 Å². The SMILES string of the molecule is COc1cccc(C(=O)N(Cc2cccn2Cc2ccc(F)cc2)C2CCCCC2)c1. The summed E-state index contributed by atoms with van der Waals surface area (Å²) in [5.74, 6) is 0.498. The molecule has 5 heteroatoms. The van der Waals surface area contributed by atoms with E-state index in [1.54, 1.807) is 19.2 Å². The molecule has 1 fully saturated rings. The summed E-state index contributed by atoms with van der Waals surface area (Å²) in [5, 5.41) is 0. The summed E-state index contributed by atoms with van der Waals surface area (Å²) in [6.45, 7) is 1.20. The number of methoxy groups -OCH3 is 1. The summed E-state index contributed by atoms with van der Waals surface area (Å²) < 4.78 is 20.7. The molecule has 4 nitrogen and oxygen atoms in total. The predicted octanol–water partition coefficient (Wildman–Crippen LogP) is 5.66. The Morgan fingerprint density at radius 3 is 2.58 bits per heavy atom. The normalized spacial score (nSPS) is 14.4. The van der Waals surface area contributed by atoms with Crippen molar-refractivity contribution in [3.63, 3.8) is 0 Å². The van der Waals surface area contributed by atoms with E-state index in [9.17, 15) is 9.18 Å². The van der Waals surface area contributed by atoms with Crippen LogP contribution in [0.1, 0.15) is 53.7 Å². The predicted molar refractivity (Wildman–Crippen MR) is 120 cm³/mol. The number of ether oxygens (including phenoxy) is 1. The second kappa shape index (κ2) is 9.82. The lowest BCUT2D eigenvalue weighted by molar-refractivity contribution is 0.0608. The van der Waals surface area contributed by atoms with Gasteiger partial charge in [-0.25, -0.2) is 4.39 Å². The third-order valence-corrected chi connectivity index (χ3v) is 6.12. The molecule has 2 aromatic carbocycles. The van der Waals surface area contributed by atoms with E-state index in [1.807, 2.05) is 41.4 Å².